The molecule has 0 unspecified atom stereocenters. The molecule has 1 aromatic carbocycles. The van der Waals surface area contributed by atoms with Crippen LogP contribution in [0.2, 0.25) is 10.0 Å². The van der Waals surface area contributed by atoms with Gasteiger partial charge in [0.05, 0.1) is 55.7 Å². The van der Waals surface area contributed by atoms with E-state index in [1.54, 1.807) is 18.2 Å². The summed E-state index contributed by atoms with van der Waals surface area (Å²) in [7, 11) is -4.57. The van der Waals surface area contributed by atoms with Gasteiger partial charge in [-0.05, 0) is 79.0 Å². The summed E-state index contributed by atoms with van der Waals surface area (Å²) >= 11 is 12.9. The van der Waals surface area contributed by atoms with Crippen LogP contribution in [0.5, 0.6) is 0 Å². The van der Waals surface area contributed by atoms with Crippen LogP contribution in [0.25, 0.3) is 5.57 Å². The Balaban J connectivity index is 1.55. The van der Waals surface area contributed by atoms with E-state index in [9.17, 15) is 13.0 Å². The minimum Gasteiger partial charge on any atom is -0.282 e. The van der Waals surface area contributed by atoms with E-state index in [2.05, 4.69) is 15.0 Å². The van der Waals surface area contributed by atoms with Gasteiger partial charge in [-0.25, -0.2) is 20.0 Å². The molecule has 176 valence electrons. The first kappa shape index (κ1) is 22.8. The maximum Gasteiger partial charge on any atom is 0.296 e. The molecular formula is C26H14Cl2N4O3S. The van der Waals surface area contributed by atoms with Crippen LogP contribution < -0.4 is 0 Å². The van der Waals surface area contributed by atoms with Crippen molar-refractivity contribution >= 4 is 61.7 Å². The summed E-state index contributed by atoms with van der Waals surface area (Å²) in [4.78, 5) is 18.1. The summed E-state index contributed by atoms with van der Waals surface area (Å²) in [5.74, 6) is 0. The molecule has 1 N–H and O–H groups in total. The van der Waals surface area contributed by atoms with Crippen molar-refractivity contribution in [3.8, 4) is 0 Å². The van der Waals surface area contributed by atoms with Crippen LogP contribution in [0.15, 0.2) is 127 Å². The third-order valence-electron chi connectivity index (χ3n) is 5.64. The molecule has 8 bridgehead atoms. The third kappa shape index (κ3) is 4.25. The quantitative estimate of drug-likeness (QED) is 0.496. The van der Waals surface area contributed by atoms with Gasteiger partial charge in [0.2, 0.25) is 0 Å². The monoisotopic (exact) mass is 532 g/mol. The normalized spacial score (nSPS) is 19.8. The number of fused-ring (bicyclic) bond motifs is 4. The Kier molecular flexibility index (Phi) is 5.35. The highest BCUT2D eigenvalue weighted by Crippen LogP contribution is 2.39. The lowest BCUT2D eigenvalue weighted by molar-refractivity contribution is 0.483. The third-order valence-corrected chi connectivity index (χ3v) is 7.36. The van der Waals surface area contributed by atoms with Crippen molar-refractivity contribution in [3.05, 3.63) is 117 Å². The SMILES string of the molecule is O=S(=O)(O)c1ccc(Cl)c(C2=CC3=CC4=NC(=CC5=NC(=CC6=NC(=CC2=N3)C=C6)C=C5)C=C4)c1Cl. The number of nitrogens with zero attached hydrogens (tertiary/aromatic N) is 4. The van der Waals surface area contributed by atoms with Crippen molar-refractivity contribution in [1.29, 1.82) is 0 Å². The van der Waals surface area contributed by atoms with Gasteiger partial charge in [0.25, 0.3) is 10.1 Å². The van der Waals surface area contributed by atoms with Gasteiger partial charge in [0, 0.05) is 11.1 Å². The molecule has 10 heteroatoms. The lowest BCUT2D eigenvalue weighted by Crippen LogP contribution is -2.04. The molecule has 5 heterocycles. The standard InChI is InChI=1S/C26H14Cl2N4O3S/c27-22-7-8-24(36(33,34)35)26(28)25(22)21-12-20-11-18-4-3-16(30-18)9-14-1-2-15(29-14)10-17-5-6-19(31-17)13-23(21)32-20/h1-13H,(H,33,34,35). The molecule has 0 atom stereocenters. The zero-order valence-electron chi connectivity index (χ0n) is 18.2. The van der Waals surface area contributed by atoms with Gasteiger partial charge in [0.15, 0.2) is 0 Å². The Morgan fingerprint density at radius 2 is 1.17 bits per heavy atom. The maximum absolute atomic E-state index is 11.9. The maximum atomic E-state index is 11.9. The molecule has 0 spiro atoms. The summed E-state index contributed by atoms with van der Waals surface area (Å²) in [6.45, 7) is 0. The summed E-state index contributed by atoms with van der Waals surface area (Å²) < 4.78 is 33.4. The van der Waals surface area contributed by atoms with Crippen LogP contribution >= 0.6 is 23.2 Å². The van der Waals surface area contributed by atoms with Gasteiger partial charge in [-0.1, -0.05) is 23.2 Å². The van der Waals surface area contributed by atoms with Gasteiger partial charge in [-0.3, -0.25) is 4.55 Å². The van der Waals surface area contributed by atoms with Crippen LogP contribution in [0, 0.1) is 0 Å². The van der Waals surface area contributed by atoms with Crippen molar-refractivity contribution in [3.63, 3.8) is 0 Å². The predicted molar refractivity (Wildman–Crippen MR) is 144 cm³/mol. The molecule has 0 saturated heterocycles. The second-order valence-corrected chi connectivity index (χ2v) is 10.3. The highest BCUT2D eigenvalue weighted by Gasteiger charge is 2.26. The summed E-state index contributed by atoms with van der Waals surface area (Å²) in [5, 5.41) is 0.00713. The molecule has 0 amide bonds. The second-order valence-electron chi connectivity index (χ2n) is 8.15. The molecule has 6 rings (SSSR count). The fourth-order valence-corrected chi connectivity index (χ4v) is 5.51. The van der Waals surface area contributed by atoms with Crippen molar-refractivity contribution < 1.29 is 13.0 Å². The van der Waals surface area contributed by atoms with Crippen molar-refractivity contribution in [2.75, 3.05) is 0 Å². The summed E-state index contributed by atoms with van der Waals surface area (Å²) in [6.07, 6.45) is 20.3. The van der Waals surface area contributed by atoms with Crippen LogP contribution in [-0.2, 0) is 10.1 Å². The lowest BCUT2D eigenvalue weighted by Gasteiger charge is -2.11. The Labute approximate surface area is 216 Å². The fraction of sp³-hybridized carbons (Fsp3) is 0. The Hall–Kier alpha value is -3.69. The molecular weight excluding hydrogens is 519 g/mol. The smallest absolute Gasteiger partial charge is 0.282 e. The highest BCUT2D eigenvalue weighted by atomic mass is 35.5. The minimum atomic E-state index is -4.57. The first-order valence-corrected chi connectivity index (χ1v) is 12.9. The summed E-state index contributed by atoms with van der Waals surface area (Å²) in [6, 6.07) is 2.53. The van der Waals surface area contributed by atoms with E-state index in [4.69, 9.17) is 28.2 Å². The van der Waals surface area contributed by atoms with Gasteiger partial charge in [0.1, 0.15) is 4.90 Å². The zero-order valence-corrected chi connectivity index (χ0v) is 20.6. The van der Waals surface area contributed by atoms with Crippen LogP contribution in [0.3, 0.4) is 0 Å². The summed E-state index contributed by atoms with van der Waals surface area (Å²) in [5.41, 5.74) is 6.09. The average Bonchev–Trinajstić information content (AvgIpc) is 3.59. The fourth-order valence-electron chi connectivity index (χ4n) is 4.08. The number of halogens is 2. The zero-order chi connectivity index (χ0) is 25.0. The molecule has 0 saturated carbocycles. The van der Waals surface area contributed by atoms with E-state index in [0.29, 0.717) is 28.4 Å². The van der Waals surface area contributed by atoms with E-state index in [1.165, 1.54) is 6.07 Å². The number of hydrogen-bond acceptors (Lipinski definition) is 6. The Morgan fingerprint density at radius 1 is 0.639 bits per heavy atom. The number of rotatable bonds is 2. The molecule has 1 aromatic rings. The van der Waals surface area contributed by atoms with Gasteiger partial charge >= 0.3 is 0 Å². The first-order chi connectivity index (χ1) is 17.2. The van der Waals surface area contributed by atoms with E-state index in [1.807, 2.05) is 48.6 Å². The highest BCUT2D eigenvalue weighted by molar-refractivity contribution is 7.86. The molecule has 36 heavy (non-hydrogen) atoms. The van der Waals surface area contributed by atoms with Crippen LogP contribution in [0.4, 0.5) is 0 Å². The van der Waals surface area contributed by atoms with E-state index in [-0.39, 0.29) is 15.6 Å². The molecule has 7 nitrogen and oxygen atoms in total. The Bertz CT molecular complexity index is 1760. The van der Waals surface area contributed by atoms with Gasteiger partial charge in [-0.2, -0.15) is 8.42 Å². The van der Waals surface area contributed by atoms with Crippen LogP contribution in [-0.4, -0.2) is 35.8 Å². The van der Waals surface area contributed by atoms with E-state index in [0.717, 1.165) is 28.9 Å². The van der Waals surface area contributed by atoms with Crippen molar-refractivity contribution in [2.24, 2.45) is 20.0 Å². The second kappa shape index (κ2) is 8.46. The van der Waals surface area contributed by atoms with Gasteiger partial charge in [-0.15, -0.1) is 0 Å². The largest absolute Gasteiger partial charge is 0.296 e. The number of benzene rings is 1. The molecule has 0 aliphatic carbocycles. The molecule has 5 aliphatic heterocycles. The number of allylic oxidation sites excluding steroid dienone is 12. The minimum absolute atomic E-state index is 0.199. The van der Waals surface area contributed by atoms with E-state index >= 15 is 0 Å². The topological polar surface area (TPSA) is 104 Å². The molecule has 5 aliphatic rings. The molecule has 0 fully saturated rings. The van der Waals surface area contributed by atoms with Crippen molar-refractivity contribution in [2.45, 2.75) is 4.90 Å². The van der Waals surface area contributed by atoms with E-state index < -0.39 is 15.0 Å². The van der Waals surface area contributed by atoms with Crippen molar-refractivity contribution in [1.82, 2.24) is 0 Å². The first-order valence-electron chi connectivity index (χ1n) is 10.7. The lowest BCUT2D eigenvalue weighted by atomic mass is 10.0. The predicted octanol–water partition coefficient (Wildman–Crippen LogP) is 5.66. The average molecular weight is 533 g/mol. The molecule has 0 radical (unpaired) electrons. The van der Waals surface area contributed by atoms with Gasteiger partial charge < -0.3 is 0 Å². The van der Waals surface area contributed by atoms with Crippen LogP contribution in [0.1, 0.15) is 5.56 Å². The molecule has 0 aromatic heterocycles. The number of aliphatic imine (C=N–C) groups is 4. The Morgan fingerprint density at radius 3 is 1.72 bits per heavy atom. The number of hydrogen-bond donors (Lipinski definition) is 1.